The number of hydrogen-bond acceptors (Lipinski definition) is 2. The van der Waals surface area contributed by atoms with Crippen molar-refractivity contribution in [3.05, 3.63) is 63.8 Å². The Bertz CT molecular complexity index is 993. The molecule has 3 aromatic rings. The van der Waals surface area contributed by atoms with E-state index >= 15 is 0 Å². The van der Waals surface area contributed by atoms with E-state index in [2.05, 4.69) is 10.3 Å². The average molecular weight is 404 g/mol. The van der Waals surface area contributed by atoms with Crippen molar-refractivity contribution in [3.63, 3.8) is 0 Å². The maximum Gasteiger partial charge on any atom is 0.270 e. The van der Waals surface area contributed by atoms with E-state index in [9.17, 15) is 9.59 Å². The molecular weight excluding hydrogens is 385 g/mol. The van der Waals surface area contributed by atoms with Gasteiger partial charge in [0.05, 0.1) is 15.7 Å². The summed E-state index contributed by atoms with van der Waals surface area (Å²) in [4.78, 5) is 29.8. The molecule has 0 bridgehead atoms. The summed E-state index contributed by atoms with van der Waals surface area (Å²) in [6.07, 6.45) is 0. The second-order valence-electron chi connectivity index (χ2n) is 6.24. The van der Waals surface area contributed by atoms with Crippen LogP contribution in [0.5, 0.6) is 0 Å². The largest absolute Gasteiger partial charge is 0.351 e. The summed E-state index contributed by atoms with van der Waals surface area (Å²) in [6.45, 7) is 4.09. The highest BCUT2D eigenvalue weighted by molar-refractivity contribution is 6.39. The molecule has 0 aliphatic rings. The molecule has 0 spiro atoms. The number of carbonyl (C=O) groups excluding carboxylic acids is 2. The minimum Gasteiger partial charge on any atom is -0.351 e. The van der Waals surface area contributed by atoms with Gasteiger partial charge in [-0.2, -0.15) is 0 Å². The number of rotatable bonds is 5. The first-order valence-electron chi connectivity index (χ1n) is 8.51. The van der Waals surface area contributed by atoms with Gasteiger partial charge in [0, 0.05) is 17.4 Å². The Balaban J connectivity index is 1.75. The second-order valence-corrected chi connectivity index (χ2v) is 7.05. The second kappa shape index (κ2) is 8.03. The molecule has 0 aliphatic carbocycles. The zero-order chi connectivity index (χ0) is 19.6. The SMILES string of the molecule is CCN(CC(=O)Nc1c(Cl)cccc1Cl)C(=O)c1cc2ccc(C)cc2[nH]1. The highest BCUT2D eigenvalue weighted by atomic mass is 35.5. The Morgan fingerprint density at radius 1 is 1.11 bits per heavy atom. The molecule has 1 aromatic heterocycles. The molecule has 7 heteroatoms. The van der Waals surface area contributed by atoms with Gasteiger partial charge in [-0.05, 0) is 43.7 Å². The van der Waals surface area contributed by atoms with Crippen LogP contribution in [-0.2, 0) is 4.79 Å². The van der Waals surface area contributed by atoms with Crippen molar-refractivity contribution in [2.75, 3.05) is 18.4 Å². The average Bonchev–Trinajstić information content (AvgIpc) is 3.05. The van der Waals surface area contributed by atoms with Gasteiger partial charge < -0.3 is 15.2 Å². The third-order valence-electron chi connectivity index (χ3n) is 4.24. The van der Waals surface area contributed by atoms with Gasteiger partial charge in [-0.25, -0.2) is 0 Å². The molecule has 2 aromatic carbocycles. The van der Waals surface area contributed by atoms with Crippen molar-refractivity contribution >= 4 is 51.6 Å². The number of benzene rings is 2. The first kappa shape index (κ1) is 19.3. The Kier molecular flexibility index (Phi) is 5.73. The maximum atomic E-state index is 12.8. The molecule has 0 atom stereocenters. The number of anilines is 1. The van der Waals surface area contributed by atoms with Crippen molar-refractivity contribution < 1.29 is 9.59 Å². The van der Waals surface area contributed by atoms with Gasteiger partial charge in [0.2, 0.25) is 5.91 Å². The van der Waals surface area contributed by atoms with Gasteiger partial charge in [-0.1, -0.05) is 41.4 Å². The minimum absolute atomic E-state index is 0.106. The smallest absolute Gasteiger partial charge is 0.270 e. The predicted molar refractivity (Wildman–Crippen MR) is 110 cm³/mol. The number of fused-ring (bicyclic) bond motifs is 1. The van der Waals surface area contributed by atoms with Gasteiger partial charge in [-0.15, -0.1) is 0 Å². The summed E-state index contributed by atoms with van der Waals surface area (Å²) in [5.74, 6) is -0.612. The zero-order valence-corrected chi connectivity index (χ0v) is 16.5. The molecular formula is C20H19Cl2N3O2. The van der Waals surface area contributed by atoms with Gasteiger partial charge >= 0.3 is 0 Å². The van der Waals surface area contributed by atoms with Gasteiger partial charge in [-0.3, -0.25) is 9.59 Å². The van der Waals surface area contributed by atoms with Gasteiger partial charge in [0.15, 0.2) is 0 Å². The highest BCUT2D eigenvalue weighted by Crippen LogP contribution is 2.29. The molecule has 0 aliphatic heterocycles. The number of amides is 2. The number of aromatic nitrogens is 1. The van der Waals surface area contributed by atoms with Crippen LogP contribution in [0.1, 0.15) is 23.0 Å². The summed E-state index contributed by atoms with van der Waals surface area (Å²) in [5, 5.41) is 4.32. The molecule has 140 valence electrons. The lowest BCUT2D eigenvalue weighted by atomic mass is 10.2. The molecule has 0 saturated carbocycles. The fourth-order valence-corrected chi connectivity index (χ4v) is 3.32. The van der Waals surface area contributed by atoms with Gasteiger partial charge in [0.1, 0.15) is 12.2 Å². The molecule has 2 N–H and O–H groups in total. The number of carbonyl (C=O) groups is 2. The third kappa shape index (κ3) is 4.26. The Hall–Kier alpha value is -2.50. The molecule has 0 unspecified atom stereocenters. The van der Waals surface area contributed by atoms with E-state index in [4.69, 9.17) is 23.2 Å². The summed E-state index contributed by atoms with van der Waals surface area (Å²) in [6, 6.07) is 12.7. The lowest BCUT2D eigenvalue weighted by Gasteiger charge is -2.20. The van der Waals surface area contributed by atoms with E-state index in [1.165, 1.54) is 4.90 Å². The van der Waals surface area contributed by atoms with Crippen LogP contribution in [0, 0.1) is 6.92 Å². The summed E-state index contributed by atoms with van der Waals surface area (Å²) in [5.41, 5.74) is 2.78. The molecule has 0 fully saturated rings. The first-order valence-corrected chi connectivity index (χ1v) is 9.27. The number of nitrogens with zero attached hydrogens (tertiary/aromatic N) is 1. The molecule has 0 radical (unpaired) electrons. The zero-order valence-electron chi connectivity index (χ0n) is 15.0. The van der Waals surface area contributed by atoms with E-state index < -0.39 is 0 Å². The van der Waals surface area contributed by atoms with Crippen molar-refractivity contribution in [1.82, 2.24) is 9.88 Å². The molecule has 0 saturated heterocycles. The van der Waals surface area contributed by atoms with Crippen molar-refractivity contribution in [2.24, 2.45) is 0 Å². The van der Waals surface area contributed by atoms with E-state index in [-0.39, 0.29) is 18.4 Å². The maximum absolute atomic E-state index is 12.8. The van der Waals surface area contributed by atoms with Crippen LogP contribution in [0.25, 0.3) is 10.9 Å². The monoisotopic (exact) mass is 403 g/mol. The number of hydrogen-bond donors (Lipinski definition) is 2. The molecule has 3 rings (SSSR count). The normalized spacial score (nSPS) is 10.8. The number of aromatic amines is 1. The molecule has 2 amide bonds. The van der Waals surface area contributed by atoms with Crippen LogP contribution in [-0.4, -0.2) is 34.8 Å². The number of para-hydroxylation sites is 1. The van der Waals surface area contributed by atoms with Crippen LogP contribution in [0.4, 0.5) is 5.69 Å². The van der Waals surface area contributed by atoms with Crippen molar-refractivity contribution in [1.29, 1.82) is 0 Å². The molecule has 5 nitrogen and oxygen atoms in total. The highest BCUT2D eigenvalue weighted by Gasteiger charge is 2.20. The standard InChI is InChI=1S/C20H19Cl2N3O2/c1-3-25(11-18(26)24-19-14(21)5-4-6-15(19)22)20(27)17-10-13-8-7-12(2)9-16(13)23-17/h4-10,23H,3,11H2,1-2H3,(H,24,26). The lowest BCUT2D eigenvalue weighted by Crippen LogP contribution is -2.38. The minimum atomic E-state index is -0.368. The van der Waals surface area contributed by atoms with Crippen LogP contribution in [0.3, 0.4) is 0 Å². The number of halogens is 2. The number of likely N-dealkylation sites (N-methyl/N-ethyl adjacent to an activating group) is 1. The fraction of sp³-hybridized carbons (Fsp3) is 0.200. The van der Waals surface area contributed by atoms with Crippen LogP contribution in [0.2, 0.25) is 10.0 Å². The number of aryl methyl sites for hydroxylation is 1. The number of nitrogens with one attached hydrogen (secondary N) is 2. The predicted octanol–water partition coefficient (Wildman–Crippen LogP) is 4.88. The van der Waals surface area contributed by atoms with E-state index in [0.717, 1.165) is 16.5 Å². The number of H-pyrrole nitrogens is 1. The van der Waals surface area contributed by atoms with E-state index in [1.807, 2.05) is 32.0 Å². The first-order chi connectivity index (χ1) is 12.9. The van der Waals surface area contributed by atoms with E-state index in [1.54, 1.807) is 24.3 Å². The summed E-state index contributed by atoms with van der Waals surface area (Å²) >= 11 is 12.2. The molecule has 1 heterocycles. The Morgan fingerprint density at radius 3 is 2.48 bits per heavy atom. The summed E-state index contributed by atoms with van der Waals surface area (Å²) in [7, 11) is 0. The van der Waals surface area contributed by atoms with Crippen molar-refractivity contribution in [2.45, 2.75) is 13.8 Å². The Morgan fingerprint density at radius 2 is 1.81 bits per heavy atom. The lowest BCUT2D eigenvalue weighted by molar-refractivity contribution is -0.116. The quantitative estimate of drug-likeness (QED) is 0.636. The summed E-state index contributed by atoms with van der Waals surface area (Å²) < 4.78 is 0. The van der Waals surface area contributed by atoms with Crippen LogP contribution < -0.4 is 5.32 Å². The van der Waals surface area contributed by atoms with Crippen LogP contribution in [0.15, 0.2) is 42.5 Å². The topological polar surface area (TPSA) is 65.2 Å². The van der Waals surface area contributed by atoms with E-state index in [0.29, 0.717) is 28.0 Å². The van der Waals surface area contributed by atoms with Crippen LogP contribution >= 0.6 is 23.2 Å². The third-order valence-corrected chi connectivity index (χ3v) is 4.87. The fourth-order valence-electron chi connectivity index (χ4n) is 2.82. The van der Waals surface area contributed by atoms with Crippen molar-refractivity contribution in [3.8, 4) is 0 Å². The van der Waals surface area contributed by atoms with Gasteiger partial charge in [0.25, 0.3) is 5.91 Å². The Labute approximate surface area is 167 Å². The molecule has 27 heavy (non-hydrogen) atoms.